The Kier molecular flexibility index (Phi) is 3.60. The van der Waals surface area contributed by atoms with Gasteiger partial charge in [0.25, 0.3) is 0 Å². The molecule has 1 rings (SSSR count). The normalized spacial score (nSPS) is 12.0. The number of hydrogen-bond donors (Lipinski definition) is 0. The Labute approximate surface area is 93.0 Å². The lowest BCUT2D eigenvalue weighted by Gasteiger charge is -2.16. The second kappa shape index (κ2) is 4.73. The molecule has 1 unspecified atom stereocenters. The van der Waals surface area contributed by atoms with E-state index >= 15 is 0 Å². The lowest BCUT2D eigenvalue weighted by atomic mass is 10.3. The highest BCUT2D eigenvalue weighted by molar-refractivity contribution is 5.86. The highest BCUT2D eigenvalue weighted by Gasteiger charge is 2.20. The molecule has 0 saturated heterocycles. The van der Waals surface area contributed by atoms with Gasteiger partial charge in [0, 0.05) is 14.1 Å². The van der Waals surface area contributed by atoms with Gasteiger partial charge >= 0.3 is 5.97 Å². The van der Waals surface area contributed by atoms with E-state index in [2.05, 4.69) is 15.0 Å². The number of aromatic nitrogens is 3. The Bertz CT molecular complexity index is 399. The number of likely N-dealkylation sites (N-methyl/N-ethyl adjacent to an activating group) is 1. The van der Waals surface area contributed by atoms with Gasteiger partial charge in [0.1, 0.15) is 6.04 Å². The van der Waals surface area contributed by atoms with Gasteiger partial charge in [0.05, 0.1) is 13.3 Å². The van der Waals surface area contributed by atoms with Crippen LogP contribution in [0.2, 0.25) is 0 Å². The van der Waals surface area contributed by atoms with Crippen LogP contribution in [0.25, 0.3) is 0 Å². The quantitative estimate of drug-likeness (QED) is 0.662. The summed E-state index contributed by atoms with van der Waals surface area (Å²) in [5, 5.41) is 7.32. The van der Waals surface area contributed by atoms with Crippen LogP contribution in [0, 0.1) is 0 Å². The zero-order valence-corrected chi connectivity index (χ0v) is 9.67. The Morgan fingerprint density at radius 3 is 2.62 bits per heavy atom. The minimum Gasteiger partial charge on any atom is -0.464 e. The van der Waals surface area contributed by atoms with Crippen LogP contribution in [0.1, 0.15) is 23.5 Å². The maximum atomic E-state index is 11.6. The van der Waals surface area contributed by atoms with Gasteiger partial charge in [-0.25, -0.2) is 9.48 Å². The average molecular weight is 226 g/mol. The summed E-state index contributed by atoms with van der Waals surface area (Å²) in [5.74, 6) is -0.697. The number of carbonyl (C=O) groups excluding carboxylic acids is 2. The monoisotopic (exact) mass is 226 g/mol. The summed E-state index contributed by atoms with van der Waals surface area (Å²) in [6.45, 7) is 1.68. The molecule has 16 heavy (non-hydrogen) atoms. The van der Waals surface area contributed by atoms with Gasteiger partial charge in [0.2, 0.25) is 5.91 Å². The first-order valence-electron chi connectivity index (χ1n) is 4.68. The van der Waals surface area contributed by atoms with E-state index in [4.69, 9.17) is 0 Å². The zero-order chi connectivity index (χ0) is 12.3. The van der Waals surface area contributed by atoms with Gasteiger partial charge in [-0.15, -0.1) is 5.10 Å². The van der Waals surface area contributed by atoms with Crippen molar-refractivity contribution >= 4 is 11.9 Å². The standard InChI is InChI=1S/C9H14N4O3/c1-6(8(14)12(2)3)13-5-7(10-11-13)9(15)16-4/h5-6H,1-4H3. The first-order chi connectivity index (χ1) is 7.47. The minimum absolute atomic E-state index is 0.0842. The van der Waals surface area contributed by atoms with E-state index < -0.39 is 12.0 Å². The molecule has 88 valence electrons. The van der Waals surface area contributed by atoms with Crippen molar-refractivity contribution in [1.29, 1.82) is 0 Å². The number of carbonyl (C=O) groups is 2. The van der Waals surface area contributed by atoms with Crippen LogP contribution in [0.15, 0.2) is 6.20 Å². The molecule has 1 atom stereocenters. The number of amides is 1. The van der Waals surface area contributed by atoms with Crippen molar-refractivity contribution in [2.45, 2.75) is 13.0 Å². The third-order valence-electron chi connectivity index (χ3n) is 2.10. The molecule has 0 aliphatic carbocycles. The highest BCUT2D eigenvalue weighted by atomic mass is 16.5. The molecule has 1 aromatic heterocycles. The smallest absolute Gasteiger partial charge is 0.360 e. The van der Waals surface area contributed by atoms with Crippen LogP contribution < -0.4 is 0 Å². The predicted octanol–water partition coefficient (Wildman–Crippen LogP) is -0.286. The van der Waals surface area contributed by atoms with E-state index in [1.54, 1.807) is 21.0 Å². The first kappa shape index (κ1) is 12.2. The highest BCUT2D eigenvalue weighted by Crippen LogP contribution is 2.07. The number of rotatable bonds is 3. The van der Waals surface area contributed by atoms with Crippen molar-refractivity contribution in [3.8, 4) is 0 Å². The molecule has 0 saturated carbocycles. The Morgan fingerprint density at radius 1 is 1.50 bits per heavy atom. The van der Waals surface area contributed by atoms with Gasteiger partial charge in [-0.05, 0) is 6.92 Å². The molecule has 0 aliphatic heterocycles. The molecule has 7 nitrogen and oxygen atoms in total. The summed E-state index contributed by atoms with van der Waals surface area (Å²) in [7, 11) is 4.56. The molecule has 0 spiro atoms. The second-order valence-electron chi connectivity index (χ2n) is 3.48. The maximum Gasteiger partial charge on any atom is 0.360 e. The second-order valence-corrected chi connectivity index (χ2v) is 3.48. The number of esters is 1. The molecule has 0 bridgehead atoms. The largest absolute Gasteiger partial charge is 0.464 e. The van der Waals surface area contributed by atoms with E-state index in [0.717, 1.165) is 0 Å². The van der Waals surface area contributed by atoms with Crippen molar-refractivity contribution < 1.29 is 14.3 Å². The molecule has 0 radical (unpaired) electrons. The summed E-state index contributed by atoms with van der Waals surface area (Å²) in [6.07, 6.45) is 1.39. The molecule has 0 N–H and O–H groups in total. The van der Waals surface area contributed by atoms with E-state index in [1.807, 2.05) is 0 Å². The van der Waals surface area contributed by atoms with Crippen LogP contribution in [-0.2, 0) is 9.53 Å². The van der Waals surface area contributed by atoms with Gasteiger partial charge in [-0.2, -0.15) is 0 Å². The maximum absolute atomic E-state index is 11.6. The molecule has 1 heterocycles. The number of methoxy groups -OCH3 is 1. The molecule has 0 fully saturated rings. The molecule has 7 heteroatoms. The third-order valence-corrected chi connectivity index (χ3v) is 2.10. The number of hydrogen-bond acceptors (Lipinski definition) is 5. The van der Waals surface area contributed by atoms with Gasteiger partial charge in [-0.1, -0.05) is 5.21 Å². The summed E-state index contributed by atoms with van der Waals surface area (Å²) in [5.41, 5.74) is 0.0842. The summed E-state index contributed by atoms with van der Waals surface area (Å²) in [6, 6.07) is -0.499. The Morgan fingerprint density at radius 2 is 2.12 bits per heavy atom. The van der Waals surface area contributed by atoms with E-state index in [1.165, 1.54) is 22.9 Å². The fourth-order valence-electron chi connectivity index (χ4n) is 1.15. The fraction of sp³-hybridized carbons (Fsp3) is 0.556. The number of nitrogens with zero attached hydrogens (tertiary/aromatic N) is 4. The predicted molar refractivity (Wildman–Crippen MR) is 54.8 cm³/mol. The van der Waals surface area contributed by atoms with E-state index in [-0.39, 0.29) is 11.6 Å². The topological polar surface area (TPSA) is 77.3 Å². The summed E-state index contributed by atoms with van der Waals surface area (Å²) < 4.78 is 5.82. The Hall–Kier alpha value is -1.92. The molecule has 1 aromatic rings. The van der Waals surface area contributed by atoms with Gasteiger partial charge < -0.3 is 9.64 Å². The molecule has 1 amide bonds. The average Bonchev–Trinajstić information content (AvgIpc) is 2.75. The molecule has 0 aromatic carbocycles. The Balaban J connectivity index is 2.86. The van der Waals surface area contributed by atoms with Crippen LogP contribution in [0.5, 0.6) is 0 Å². The van der Waals surface area contributed by atoms with Gasteiger partial charge in [0.15, 0.2) is 5.69 Å². The molecular formula is C9H14N4O3. The molecular weight excluding hydrogens is 212 g/mol. The molecule has 0 aliphatic rings. The van der Waals surface area contributed by atoms with Crippen molar-refractivity contribution in [2.75, 3.05) is 21.2 Å². The third kappa shape index (κ3) is 2.36. The minimum atomic E-state index is -0.573. The van der Waals surface area contributed by atoms with Gasteiger partial charge in [-0.3, -0.25) is 4.79 Å². The van der Waals surface area contributed by atoms with E-state index in [9.17, 15) is 9.59 Å². The van der Waals surface area contributed by atoms with Crippen molar-refractivity contribution in [3.63, 3.8) is 0 Å². The first-order valence-corrected chi connectivity index (χ1v) is 4.68. The van der Waals surface area contributed by atoms with Crippen LogP contribution in [0.3, 0.4) is 0 Å². The fourth-order valence-corrected chi connectivity index (χ4v) is 1.15. The lowest BCUT2D eigenvalue weighted by molar-refractivity contribution is -0.132. The van der Waals surface area contributed by atoms with E-state index in [0.29, 0.717) is 0 Å². The number of ether oxygens (including phenoxy) is 1. The zero-order valence-electron chi connectivity index (χ0n) is 9.67. The summed E-state index contributed by atoms with van der Waals surface area (Å²) >= 11 is 0. The summed E-state index contributed by atoms with van der Waals surface area (Å²) in [4.78, 5) is 24.2. The van der Waals surface area contributed by atoms with Crippen LogP contribution in [0.4, 0.5) is 0 Å². The van der Waals surface area contributed by atoms with Crippen LogP contribution in [-0.4, -0.2) is 53.0 Å². The lowest BCUT2D eigenvalue weighted by Crippen LogP contribution is -2.30. The van der Waals surface area contributed by atoms with Crippen molar-refractivity contribution in [3.05, 3.63) is 11.9 Å². The van der Waals surface area contributed by atoms with Crippen molar-refractivity contribution in [2.24, 2.45) is 0 Å². The van der Waals surface area contributed by atoms with Crippen LogP contribution >= 0.6 is 0 Å². The van der Waals surface area contributed by atoms with Crippen molar-refractivity contribution in [1.82, 2.24) is 19.9 Å². The SMILES string of the molecule is COC(=O)c1cn(C(C)C(=O)N(C)C)nn1.